The Hall–Kier alpha value is -2.30. The molecule has 0 N–H and O–H groups in total. The van der Waals surface area contributed by atoms with Crippen LogP contribution in [-0.4, -0.2) is 26.8 Å². The summed E-state index contributed by atoms with van der Waals surface area (Å²) in [5, 5.41) is 0. The molecule has 1 aliphatic heterocycles. The fourth-order valence-corrected chi connectivity index (χ4v) is 3.20. The van der Waals surface area contributed by atoms with Crippen LogP contribution in [-0.2, 0) is 6.54 Å². The van der Waals surface area contributed by atoms with Gasteiger partial charge in [-0.05, 0) is 37.3 Å². The summed E-state index contributed by atoms with van der Waals surface area (Å²) in [5.41, 5.74) is 4.00. The molecule has 2 aromatic heterocycles. The SMILES string of the molecule is c1ncc(C2=NCc3ccnc(OC4CCCCC4)c32)cn1. The van der Waals surface area contributed by atoms with Crippen molar-refractivity contribution in [2.45, 2.75) is 44.8 Å². The second-order valence-corrected chi connectivity index (χ2v) is 5.82. The van der Waals surface area contributed by atoms with Gasteiger partial charge in [0, 0.05) is 24.2 Å². The molecule has 0 unspecified atom stereocenters. The highest BCUT2D eigenvalue weighted by atomic mass is 16.5. The number of aromatic nitrogens is 3. The van der Waals surface area contributed by atoms with E-state index in [0.29, 0.717) is 12.4 Å². The lowest BCUT2D eigenvalue weighted by atomic mass is 9.97. The molecule has 0 aromatic carbocycles. The Kier molecular flexibility index (Phi) is 3.54. The fraction of sp³-hybridized carbons (Fsp3) is 0.412. The van der Waals surface area contributed by atoms with Crippen LogP contribution in [0.25, 0.3) is 0 Å². The molecule has 0 atom stereocenters. The molecule has 0 amide bonds. The first kappa shape index (κ1) is 13.4. The van der Waals surface area contributed by atoms with Gasteiger partial charge in [-0.2, -0.15) is 0 Å². The van der Waals surface area contributed by atoms with E-state index in [0.717, 1.165) is 29.7 Å². The second-order valence-electron chi connectivity index (χ2n) is 5.82. The zero-order valence-electron chi connectivity index (χ0n) is 12.4. The van der Waals surface area contributed by atoms with Crippen LogP contribution in [0.5, 0.6) is 5.88 Å². The number of pyridine rings is 1. The van der Waals surface area contributed by atoms with Crippen molar-refractivity contribution in [3.63, 3.8) is 0 Å². The first-order valence-corrected chi connectivity index (χ1v) is 7.86. The van der Waals surface area contributed by atoms with Crippen LogP contribution in [0.15, 0.2) is 36.0 Å². The molecule has 112 valence electrons. The third-order valence-electron chi connectivity index (χ3n) is 4.31. The van der Waals surface area contributed by atoms with E-state index in [1.807, 2.05) is 12.3 Å². The molecule has 22 heavy (non-hydrogen) atoms. The normalized spacial score (nSPS) is 17.9. The van der Waals surface area contributed by atoms with Crippen molar-refractivity contribution >= 4 is 5.71 Å². The summed E-state index contributed by atoms with van der Waals surface area (Å²) < 4.78 is 6.22. The third kappa shape index (κ3) is 2.47. The van der Waals surface area contributed by atoms with E-state index in [9.17, 15) is 0 Å². The lowest BCUT2D eigenvalue weighted by Crippen LogP contribution is -2.21. The summed E-state index contributed by atoms with van der Waals surface area (Å²) in [6.45, 7) is 0.670. The summed E-state index contributed by atoms with van der Waals surface area (Å²) in [7, 11) is 0. The van der Waals surface area contributed by atoms with Crippen molar-refractivity contribution in [2.24, 2.45) is 4.99 Å². The van der Waals surface area contributed by atoms with Gasteiger partial charge in [0.1, 0.15) is 12.4 Å². The van der Waals surface area contributed by atoms with Crippen molar-refractivity contribution in [2.75, 3.05) is 0 Å². The number of rotatable bonds is 3. The van der Waals surface area contributed by atoms with Gasteiger partial charge in [-0.3, -0.25) is 4.99 Å². The molecular weight excluding hydrogens is 276 g/mol. The Balaban J connectivity index is 1.67. The minimum Gasteiger partial charge on any atom is -0.474 e. The molecule has 5 nitrogen and oxygen atoms in total. The maximum absolute atomic E-state index is 6.22. The molecule has 4 rings (SSSR count). The highest BCUT2D eigenvalue weighted by Crippen LogP contribution is 2.31. The minimum atomic E-state index is 0.279. The highest BCUT2D eigenvalue weighted by molar-refractivity contribution is 6.16. The Morgan fingerprint density at radius 1 is 1.05 bits per heavy atom. The average molecular weight is 294 g/mol. The molecule has 0 radical (unpaired) electrons. The summed E-state index contributed by atoms with van der Waals surface area (Å²) in [5.74, 6) is 0.713. The van der Waals surface area contributed by atoms with Crippen LogP contribution in [0.3, 0.4) is 0 Å². The molecule has 0 spiro atoms. The number of fused-ring (bicyclic) bond motifs is 1. The summed E-state index contributed by atoms with van der Waals surface area (Å²) in [4.78, 5) is 17.3. The third-order valence-corrected chi connectivity index (χ3v) is 4.31. The first-order chi connectivity index (χ1) is 10.9. The predicted octanol–water partition coefficient (Wildman–Crippen LogP) is 2.93. The molecular formula is C17H18N4O. The molecule has 0 saturated heterocycles. The predicted molar refractivity (Wildman–Crippen MR) is 83.1 cm³/mol. The molecule has 1 aliphatic carbocycles. The average Bonchev–Trinajstić information content (AvgIpc) is 3.02. The van der Waals surface area contributed by atoms with Gasteiger partial charge in [-0.25, -0.2) is 15.0 Å². The van der Waals surface area contributed by atoms with E-state index in [2.05, 4.69) is 19.9 Å². The highest BCUT2D eigenvalue weighted by Gasteiger charge is 2.25. The Morgan fingerprint density at radius 3 is 2.68 bits per heavy atom. The number of ether oxygens (including phenoxy) is 1. The van der Waals surface area contributed by atoms with Crippen LogP contribution < -0.4 is 4.74 Å². The van der Waals surface area contributed by atoms with E-state index in [4.69, 9.17) is 4.74 Å². The maximum Gasteiger partial charge on any atom is 0.223 e. The fourth-order valence-electron chi connectivity index (χ4n) is 3.20. The van der Waals surface area contributed by atoms with Crippen molar-refractivity contribution in [1.82, 2.24) is 15.0 Å². The standard InChI is InChI=1S/C17H18N4O/c1-2-4-14(5-3-1)22-17-15-12(6-7-20-17)10-21-16(15)13-8-18-11-19-9-13/h6-9,11,14H,1-5,10H2. The zero-order valence-corrected chi connectivity index (χ0v) is 12.4. The van der Waals surface area contributed by atoms with Gasteiger partial charge < -0.3 is 4.74 Å². The van der Waals surface area contributed by atoms with Crippen LogP contribution in [0.2, 0.25) is 0 Å². The Morgan fingerprint density at radius 2 is 1.86 bits per heavy atom. The lowest BCUT2D eigenvalue weighted by molar-refractivity contribution is 0.148. The summed E-state index contributed by atoms with van der Waals surface area (Å²) in [6.07, 6.45) is 13.2. The number of hydrogen-bond donors (Lipinski definition) is 0. The quantitative estimate of drug-likeness (QED) is 0.873. The topological polar surface area (TPSA) is 60.3 Å². The summed E-state index contributed by atoms with van der Waals surface area (Å²) in [6, 6.07) is 2.02. The Labute approximate surface area is 129 Å². The summed E-state index contributed by atoms with van der Waals surface area (Å²) >= 11 is 0. The number of nitrogens with zero attached hydrogens (tertiary/aromatic N) is 4. The largest absolute Gasteiger partial charge is 0.474 e. The second kappa shape index (κ2) is 5.83. The molecule has 1 fully saturated rings. The van der Waals surface area contributed by atoms with E-state index in [1.54, 1.807) is 12.4 Å². The lowest BCUT2D eigenvalue weighted by Gasteiger charge is -2.23. The smallest absolute Gasteiger partial charge is 0.223 e. The van der Waals surface area contributed by atoms with Crippen molar-refractivity contribution in [3.05, 3.63) is 47.7 Å². The van der Waals surface area contributed by atoms with Gasteiger partial charge >= 0.3 is 0 Å². The first-order valence-electron chi connectivity index (χ1n) is 7.86. The van der Waals surface area contributed by atoms with Gasteiger partial charge in [0.25, 0.3) is 0 Å². The van der Waals surface area contributed by atoms with Gasteiger partial charge in [0.05, 0.1) is 17.8 Å². The van der Waals surface area contributed by atoms with Crippen molar-refractivity contribution in [3.8, 4) is 5.88 Å². The molecule has 2 aliphatic rings. The van der Waals surface area contributed by atoms with Crippen molar-refractivity contribution < 1.29 is 4.74 Å². The minimum absolute atomic E-state index is 0.279. The van der Waals surface area contributed by atoms with E-state index in [-0.39, 0.29) is 6.10 Å². The molecule has 1 saturated carbocycles. The van der Waals surface area contributed by atoms with E-state index in [1.165, 1.54) is 31.2 Å². The van der Waals surface area contributed by atoms with Crippen LogP contribution in [0, 0.1) is 0 Å². The Bertz CT molecular complexity index is 693. The van der Waals surface area contributed by atoms with Crippen LogP contribution >= 0.6 is 0 Å². The van der Waals surface area contributed by atoms with E-state index >= 15 is 0 Å². The monoisotopic (exact) mass is 294 g/mol. The van der Waals surface area contributed by atoms with Gasteiger partial charge in [-0.15, -0.1) is 0 Å². The van der Waals surface area contributed by atoms with E-state index < -0.39 is 0 Å². The van der Waals surface area contributed by atoms with Gasteiger partial charge in [0.15, 0.2) is 0 Å². The van der Waals surface area contributed by atoms with Crippen LogP contribution in [0.1, 0.15) is 48.8 Å². The molecule has 5 heteroatoms. The van der Waals surface area contributed by atoms with Crippen molar-refractivity contribution in [1.29, 1.82) is 0 Å². The zero-order chi connectivity index (χ0) is 14.8. The molecule has 2 aromatic rings. The van der Waals surface area contributed by atoms with Gasteiger partial charge in [0.2, 0.25) is 5.88 Å². The molecule has 3 heterocycles. The molecule has 0 bridgehead atoms. The van der Waals surface area contributed by atoms with Crippen LogP contribution in [0.4, 0.5) is 0 Å². The van der Waals surface area contributed by atoms with Gasteiger partial charge in [-0.1, -0.05) is 6.42 Å². The number of aliphatic imine (C=N–C) groups is 1. The number of hydrogen-bond acceptors (Lipinski definition) is 5. The maximum atomic E-state index is 6.22.